The van der Waals surface area contributed by atoms with Gasteiger partial charge in [0.15, 0.2) is 0 Å². The summed E-state index contributed by atoms with van der Waals surface area (Å²) in [4.78, 5) is 8.81. The van der Waals surface area contributed by atoms with Crippen LogP contribution in [0, 0.1) is 11.3 Å². The van der Waals surface area contributed by atoms with Gasteiger partial charge in [0.1, 0.15) is 11.7 Å². The third kappa shape index (κ3) is 5.26. The Balaban J connectivity index is 2.89. The molecule has 1 aromatic heterocycles. The van der Waals surface area contributed by atoms with Gasteiger partial charge in [-0.1, -0.05) is 13.8 Å². The molecule has 0 radical (unpaired) electrons. The van der Waals surface area contributed by atoms with Crippen LogP contribution in [0.4, 0.5) is 5.82 Å². The number of aromatic nitrogens is 1. The lowest BCUT2D eigenvalue weighted by atomic mass is 10.2. The van der Waals surface area contributed by atoms with E-state index in [2.05, 4.69) is 42.7 Å². The van der Waals surface area contributed by atoms with Crippen LogP contribution in [0.25, 0.3) is 0 Å². The number of rotatable bonds is 7. The van der Waals surface area contributed by atoms with Crippen LogP contribution in [0.2, 0.25) is 0 Å². The van der Waals surface area contributed by atoms with Crippen molar-refractivity contribution in [3.8, 4) is 0 Å². The Hall–Kier alpha value is -1.62. The van der Waals surface area contributed by atoms with Gasteiger partial charge in [0, 0.05) is 31.4 Å². The second kappa shape index (κ2) is 7.09. The van der Waals surface area contributed by atoms with Crippen molar-refractivity contribution in [1.29, 1.82) is 5.41 Å². The van der Waals surface area contributed by atoms with E-state index in [-0.39, 0.29) is 5.84 Å². The van der Waals surface area contributed by atoms with Gasteiger partial charge in [-0.25, -0.2) is 4.98 Å². The molecule has 1 heterocycles. The summed E-state index contributed by atoms with van der Waals surface area (Å²) in [5.74, 6) is 1.54. The number of hydrogen-bond donors (Lipinski definition) is 2. The Morgan fingerprint density at radius 1 is 1.37 bits per heavy atom. The third-order valence-corrected chi connectivity index (χ3v) is 2.78. The van der Waals surface area contributed by atoms with Crippen LogP contribution in [0.3, 0.4) is 0 Å². The maximum absolute atomic E-state index is 7.51. The van der Waals surface area contributed by atoms with Crippen LogP contribution in [-0.4, -0.2) is 49.4 Å². The van der Waals surface area contributed by atoms with E-state index < -0.39 is 0 Å². The van der Waals surface area contributed by atoms with E-state index >= 15 is 0 Å². The minimum Gasteiger partial charge on any atom is -0.384 e. The quantitative estimate of drug-likeness (QED) is 0.576. The van der Waals surface area contributed by atoms with Crippen LogP contribution in [0.15, 0.2) is 18.3 Å². The zero-order valence-electron chi connectivity index (χ0n) is 12.3. The van der Waals surface area contributed by atoms with Gasteiger partial charge in [0.25, 0.3) is 0 Å². The molecule has 0 bridgehead atoms. The predicted molar refractivity (Wildman–Crippen MR) is 80.9 cm³/mol. The number of amidine groups is 1. The van der Waals surface area contributed by atoms with Crippen molar-refractivity contribution in [1.82, 2.24) is 9.88 Å². The Labute approximate surface area is 115 Å². The Morgan fingerprint density at radius 2 is 2.05 bits per heavy atom. The molecule has 0 amide bonds. The van der Waals surface area contributed by atoms with Gasteiger partial charge in [-0.2, -0.15) is 0 Å². The number of nitrogens with two attached hydrogens (primary N) is 1. The van der Waals surface area contributed by atoms with Gasteiger partial charge in [-0.05, 0) is 32.1 Å². The first kappa shape index (κ1) is 15.4. The highest BCUT2D eigenvalue weighted by atomic mass is 15.2. The molecule has 0 saturated carbocycles. The van der Waals surface area contributed by atoms with Crippen LogP contribution in [0.5, 0.6) is 0 Å². The van der Waals surface area contributed by atoms with Crippen molar-refractivity contribution in [2.24, 2.45) is 11.7 Å². The Morgan fingerprint density at radius 3 is 2.58 bits per heavy atom. The fourth-order valence-corrected chi connectivity index (χ4v) is 1.82. The summed E-state index contributed by atoms with van der Waals surface area (Å²) < 4.78 is 0. The minimum absolute atomic E-state index is 0.0840. The minimum atomic E-state index is 0.0840. The lowest BCUT2D eigenvalue weighted by Gasteiger charge is -2.27. The molecule has 5 heteroatoms. The molecule has 0 aliphatic rings. The summed E-state index contributed by atoms with van der Waals surface area (Å²) in [5.41, 5.74) is 6.26. The van der Waals surface area contributed by atoms with Crippen molar-refractivity contribution in [2.75, 3.05) is 38.6 Å². The molecular weight excluding hydrogens is 238 g/mol. The highest BCUT2D eigenvalue weighted by molar-refractivity contribution is 5.95. The molecule has 5 nitrogen and oxygen atoms in total. The van der Waals surface area contributed by atoms with Gasteiger partial charge in [-0.15, -0.1) is 0 Å². The molecule has 0 unspecified atom stereocenters. The molecule has 0 aromatic carbocycles. The number of pyridine rings is 1. The Kier molecular flexibility index (Phi) is 5.76. The zero-order valence-corrected chi connectivity index (χ0v) is 12.3. The van der Waals surface area contributed by atoms with Crippen molar-refractivity contribution in [3.05, 3.63) is 23.9 Å². The van der Waals surface area contributed by atoms with Crippen LogP contribution < -0.4 is 10.6 Å². The average Bonchev–Trinajstić information content (AvgIpc) is 2.34. The molecule has 0 saturated heterocycles. The molecule has 0 atom stereocenters. The molecule has 3 N–H and O–H groups in total. The Bertz CT molecular complexity index is 414. The average molecular weight is 263 g/mol. The lowest BCUT2D eigenvalue weighted by molar-refractivity contribution is 0.408. The summed E-state index contributed by atoms with van der Waals surface area (Å²) in [6.45, 7) is 7.22. The van der Waals surface area contributed by atoms with Gasteiger partial charge in [-0.3, -0.25) is 5.41 Å². The van der Waals surface area contributed by atoms with Crippen molar-refractivity contribution < 1.29 is 0 Å². The van der Waals surface area contributed by atoms with Crippen molar-refractivity contribution in [2.45, 2.75) is 13.8 Å². The number of nitrogens with one attached hydrogen (secondary N) is 1. The first-order valence-corrected chi connectivity index (χ1v) is 6.60. The normalized spacial score (nSPS) is 11.1. The molecular formula is C14H25N5. The highest BCUT2D eigenvalue weighted by Crippen LogP contribution is 2.14. The molecule has 0 spiro atoms. The fourth-order valence-electron chi connectivity index (χ4n) is 1.82. The number of likely N-dealkylation sites (N-methyl/N-ethyl adjacent to an activating group) is 1. The number of anilines is 1. The summed E-state index contributed by atoms with van der Waals surface area (Å²) in [5, 5.41) is 7.51. The summed E-state index contributed by atoms with van der Waals surface area (Å²) in [7, 11) is 4.12. The standard InChI is InChI=1S/C14H25N5/c1-11(2)10-19(8-7-18(3)4)13-9-12(14(15)16)5-6-17-13/h5-6,9,11H,7-8,10H2,1-4H3,(H3,15,16). The van der Waals surface area contributed by atoms with Crippen molar-refractivity contribution in [3.63, 3.8) is 0 Å². The topological polar surface area (TPSA) is 69.2 Å². The van der Waals surface area contributed by atoms with Crippen molar-refractivity contribution >= 4 is 11.7 Å². The third-order valence-electron chi connectivity index (χ3n) is 2.78. The molecule has 1 rings (SSSR count). The van der Waals surface area contributed by atoms with E-state index in [0.717, 1.165) is 31.0 Å². The molecule has 0 aliphatic heterocycles. The first-order valence-electron chi connectivity index (χ1n) is 6.60. The molecule has 1 aromatic rings. The number of hydrogen-bond acceptors (Lipinski definition) is 4. The molecule has 0 fully saturated rings. The second-order valence-corrected chi connectivity index (χ2v) is 5.46. The van der Waals surface area contributed by atoms with Gasteiger partial charge in [0.2, 0.25) is 0 Å². The predicted octanol–water partition coefficient (Wildman–Crippen LogP) is 1.39. The van der Waals surface area contributed by atoms with Crippen LogP contribution in [-0.2, 0) is 0 Å². The molecule has 106 valence electrons. The van der Waals surface area contributed by atoms with Gasteiger partial charge < -0.3 is 15.5 Å². The lowest BCUT2D eigenvalue weighted by Crippen LogP contribution is -2.35. The monoisotopic (exact) mass is 263 g/mol. The van der Waals surface area contributed by atoms with E-state index in [0.29, 0.717) is 5.92 Å². The number of nitrogens with zero attached hydrogens (tertiary/aromatic N) is 3. The van der Waals surface area contributed by atoms with E-state index in [1.165, 1.54) is 0 Å². The van der Waals surface area contributed by atoms with E-state index in [4.69, 9.17) is 11.1 Å². The fraction of sp³-hybridized carbons (Fsp3) is 0.571. The van der Waals surface area contributed by atoms with E-state index in [1.807, 2.05) is 6.07 Å². The maximum Gasteiger partial charge on any atom is 0.129 e. The first-order chi connectivity index (χ1) is 8.90. The highest BCUT2D eigenvalue weighted by Gasteiger charge is 2.11. The second-order valence-electron chi connectivity index (χ2n) is 5.46. The summed E-state index contributed by atoms with van der Waals surface area (Å²) in [6, 6.07) is 3.66. The maximum atomic E-state index is 7.51. The summed E-state index contributed by atoms with van der Waals surface area (Å²) >= 11 is 0. The van der Waals surface area contributed by atoms with E-state index in [9.17, 15) is 0 Å². The largest absolute Gasteiger partial charge is 0.384 e. The van der Waals surface area contributed by atoms with Crippen LogP contribution >= 0.6 is 0 Å². The van der Waals surface area contributed by atoms with Gasteiger partial charge >= 0.3 is 0 Å². The summed E-state index contributed by atoms with van der Waals surface area (Å²) in [6.07, 6.45) is 1.72. The van der Waals surface area contributed by atoms with Crippen LogP contribution in [0.1, 0.15) is 19.4 Å². The smallest absolute Gasteiger partial charge is 0.129 e. The number of nitrogen functional groups attached to an aromatic ring is 1. The molecule has 0 aliphatic carbocycles. The molecule has 19 heavy (non-hydrogen) atoms. The van der Waals surface area contributed by atoms with Gasteiger partial charge in [0.05, 0.1) is 0 Å². The SMILES string of the molecule is CC(C)CN(CCN(C)C)c1cc(C(=N)N)ccn1. The van der Waals surface area contributed by atoms with E-state index in [1.54, 1.807) is 12.3 Å². The zero-order chi connectivity index (χ0) is 14.4.